The Morgan fingerprint density at radius 2 is 1.97 bits per heavy atom. The van der Waals surface area contributed by atoms with E-state index in [1.54, 1.807) is 0 Å². The van der Waals surface area contributed by atoms with Gasteiger partial charge in [0.1, 0.15) is 12.7 Å². The molecule has 0 bridgehead atoms. The van der Waals surface area contributed by atoms with E-state index in [-0.39, 0.29) is 12.6 Å². The SMILES string of the molecule is Cc1cc2c(cc1C)NCC1=C[C@@H](OCCC(C)C)O[C@H](COC(=O)C(C)(C)C)C1=N2. The zero-order valence-corrected chi connectivity index (χ0v) is 19.9. The number of hydrogen-bond acceptors (Lipinski definition) is 6. The number of ether oxygens (including phenoxy) is 3. The van der Waals surface area contributed by atoms with Crippen molar-refractivity contribution in [2.45, 2.75) is 67.3 Å². The van der Waals surface area contributed by atoms with Crippen molar-refractivity contribution in [2.75, 3.05) is 25.1 Å². The Kier molecular flexibility index (Phi) is 7.22. The van der Waals surface area contributed by atoms with Gasteiger partial charge in [-0.3, -0.25) is 4.79 Å². The quantitative estimate of drug-likeness (QED) is 0.638. The molecule has 0 spiro atoms. The molecule has 1 N–H and O–H groups in total. The van der Waals surface area contributed by atoms with Crippen molar-refractivity contribution in [1.29, 1.82) is 0 Å². The van der Waals surface area contributed by atoms with Crippen LogP contribution in [0.2, 0.25) is 0 Å². The summed E-state index contributed by atoms with van der Waals surface area (Å²) in [6.07, 6.45) is 1.97. The maximum Gasteiger partial charge on any atom is 0.311 e. The Bertz CT molecular complexity index is 880. The number of rotatable bonds is 6. The number of esters is 1. The Hall–Kier alpha value is -2.18. The summed E-state index contributed by atoms with van der Waals surface area (Å²) in [5.41, 5.74) is 5.50. The van der Waals surface area contributed by atoms with Gasteiger partial charge in [-0.2, -0.15) is 0 Å². The van der Waals surface area contributed by atoms with Crippen molar-refractivity contribution in [3.05, 3.63) is 34.9 Å². The minimum absolute atomic E-state index is 0.108. The molecule has 2 heterocycles. The fourth-order valence-electron chi connectivity index (χ4n) is 3.36. The predicted molar refractivity (Wildman–Crippen MR) is 124 cm³/mol. The smallest absolute Gasteiger partial charge is 0.311 e. The second-order valence-corrected chi connectivity index (χ2v) is 9.89. The second kappa shape index (κ2) is 9.53. The van der Waals surface area contributed by atoms with Gasteiger partial charge in [0.2, 0.25) is 0 Å². The van der Waals surface area contributed by atoms with Crippen LogP contribution in [0, 0.1) is 25.2 Å². The lowest BCUT2D eigenvalue weighted by molar-refractivity contribution is -0.166. The summed E-state index contributed by atoms with van der Waals surface area (Å²) in [5, 5.41) is 3.50. The monoisotopic (exact) mass is 428 g/mol. The van der Waals surface area contributed by atoms with Gasteiger partial charge in [-0.25, -0.2) is 4.99 Å². The van der Waals surface area contributed by atoms with Crippen LogP contribution in [0.15, 0.2) is 28.8 Å². The number of nitrogens with zero attached hydrogens (tertiary/aromatic N) is 1. The molecule has 1 aromatic carbocycles. The minimum atomic E-state index is -0.575. The standard InChI is InChI=1S/C25H36N2O4/c1-15(2)8-9-29-22-12-18-13-26-19-10-16(3)17(4)11-20(19)27-23(18)21(31-22)14-30-24(28)25(5,6)7/h10-12,15,21-22,26H,8-9,13-14H2,1-7H3/t21-,22+/m1/s1. The number of fused-ring (bicyclic) bond motifs is 2. The summed E-state index contributed by atoms with van der Waals surface area (Å²) in [5.74, 6) is 0.293. The Morgan fingerprint density at radius 3 is 2.65 bits per heavy atom. The van der Waals surface area contributed by atoms with Crippen LogP contribution >= 0.6 is 0 Å². The topological polar surface area (TPSA) is 69.2 Å². The van der Waals surface area contributed by atoms with Gasteiger partial charge in [0.05, 0.1) is 29.1 Å². The van der Waals surface area contributed by atoms with Crippen molar-refractivity contribution < 1.29 is 19.0 Å². The lowest BCUT2D eigenvalue weighted by Crippen LogP contribution is -2.41. The van der Waals surface area contributed by atoms with E-state index in [2.05, 4.69) is 45.1 Å². The molecule has 0 aromatic heterocycles. The minimum Gasteiger partial charge on any atom is -0.462 e. The third-order valence-electron chi connectivity index (χ3n) is 5.55. The molecule has 31 heavy (non-hydrogen) atoms. The number of aliphatic imine (C=N–C) groups is 1. The van der Waals surface area contributed by atoms with E-state index in [4.69, 9.17) is 19.2 Å². The summed E-state index contributed by atoms with van der Waals surface area (Å²) in [4.78, 5) is 17.3. The number of benzene rings is 1. The first kappa shape index (κ1) is 23.5. The largest absolute Gasteiger partial charge is 0.462 e. The van der Waals surface area contributed by atoms with E-state index in [1.807, 2.05) is 26.8 Å². The molecular weight excluding hydrogens is 392 g/mol. The number of carbonyl (C=O) groups is 1. The van der Waals surface area contributed by atoms with Gasteiger partial charge >= 0.3 is 5.97 Å². The molecule has 3 rings (SSSR count). The molecule has 0 aliphatic carbocycles. The first-order valence-corrected chi connectivity index (χ1v) is 11.1. The summed E-state index contributed by atoms with van der Waals surface area (Å²) in [6.45, 7) is 15.4. The van der Waals surface area contributed by atoms with Crippen molar-refractivity contribution in [1.82, 2.24) is 0 Å². The molecule has 0 fully saturated rings. The van der Waals surface area contributed by atoms with Gasteiger partial charge in [0.15, 0.2) is 6.29 Å². The zero-order chi connectivity index (χ0) is 22.8. The van der Waals surface area contributed by atoms with Gasteiger partial charge < -0.3 is 19.5 Å². The van der Waals surface area contributed by atoms with Crippen molar-refractivity contribution in [2.24, 2.45) is 16.3 Å². The van der Waals surface area contributed by atoms with Crippen molar-refractivity contribution >= 4 is 23.1 Å². The molecule has 2 aliphatic heterocycles. The Labute approximate surface area is 186 Å². The molecule has 0 unspecified atom stereocenters. The van der Waals surface area contributed by atoms with Crippen molar-refractivity contribution in [3.63, 3.8) is 0 Å². The first-order chi connectivity index (χ1) is 14.5. The highest BCUT2D eigenvalue weighted by Gasteiger charge is 2.33. The van der Waals surface area contributed by atoms with Crippen LogP contribution in [0.5, 0.6) is 0 Å². The third kappa shape index (κ3) is 5.95. The number of nitrogens with one attached hydrogen (secondary N) is 1. The molecule has 0 amide bonds. The molecular formula is C25H36N2O4. The van der Waals surface area contributed by atoms with Crippen LogP contribution in [-0.4, -0.2) is 43.8 Å². The first-order valence-electron chi connectivity index (χ1n) is 11.1. The summed E-state index contributed by atoms with van der Waals surface area (Å²) in [7, 11) is 0. The summed E-state index contributed by atoms with van der Waals surface area (Å²) >= 11 is 0. The molecule has 1 aromatic rings. The molecule has 0 saturated heterocycles. The molecule has 0 saturated carbocycles. The highest BCUT2D eigenvalue weighted by atomic mass is 16.7. The third-order valence-corrected chi connectivity index (χ3v) is 5.55. The fourth-order valence-corrected chi connectivity index (χ4v) is 3.36. The van der Waals surface area contributed by atoms with Crippen LogP contribution in [0.25, 0.3) is 0 Å². The van der Waals surface area contributed by atoms with Gasteiger partial charge in [0, 0.05) is 6.54 Å². The highest BCUT2D eigenvalue weighted by molar-refractivity contribution is 6.07. The molecule has 6 heteroatoms. The number of anilines is 1. The number of hydrogen-bond donors (Lipinski definition) is 1. The molecule has 2 aliphatic rings. The molecule has 0 radical (unpaired) electrons. The molecule has 6 nitrogen and oxygen atoms in total. The van der Waals surface area contributed by atoms with Crippen LogP contribution in [0.1, 0.15) is 52.2 Å². The normalized spacial score (nSPS) is 20.8. The van der Waals surface area contributed by atoms with E-state index in [1.165, 1.54) is 11.1 Å². The fraction of sp³-hybridized carbons (Fsp3) is 0.600. The van der Waals surface area contributed by atoms with Gasteiger partial charge in [-0.15, -0.1) is 0 Å². The second-order valence-electron chi connectivity index (χ2n) is 9.89. The summed E-state index contributed by atoms with van der Waals surface area (Å²) in [6, 6.07) is 4.20. The lowest BCUT2D eigenvalue weighted by Gasteiger charge is -2.31. The van der Waals surface area contributed by atoms with Gasteiger partial charge in [-0.05, 0) is 81.9 Å². The zero-order valence-electron chi connectivity index (χ0n) is 19.9. The Balaban J connectivity index is 1.88. The van der Waals surface area contributed by atoms with E-state index in [0.717, 1.165) is 29.1 Å². The van der Waals surface area contributed by atoms with E-state index in [0.29, 0.717) is 19.1 Å². The van der Waals surface area contributed by atoms with E-state index < -0.39 is 17.8 Å². The van der Waals surface area contributed by atoms with Crippen molar-refractivity contribution in [3.8, 4) is 0 Å². The number of carbonyl (C=O) groups excluding carboxylic acids is 1. The van der Waals surface area contributed by atoms with Crippen LogP contribution in [0.3, 0.4) is 0 Å². The van der Waals surface area contributed by atoms with E-state index in [9.17, 15) is 4.79 Å². The lowest BCUT2D eigenvalue weighted by atomic mass is 9.97. The molecule has 170 valence electrons. The highest BCUT2D eigenvalue weighted by Crippen LogP contribution is 2.34. The predicted octanol–water partition coefficient (Wildman–Crippen LogP) is 5.10. The Morgan fingerprint density at radius 1 is 1.26 bits per heavy atom. The van der Waals surface area contributed by atoms with Gasteiger partial charge in [-0.1, -0.05) is 13.8 Å². The maximum atomic E-state index is 12.4. The van der Waals surface area contributed by atoms with Crippen LogP contribution in [0.4, 0.5) is 11.4 Å². The maximum absolute atomic E-state index is 12.4. The average Bonchev–Trinajstić information content (AvgIpc) is 2.84. The number of aryl methyl sites for hydroxylation is 2. The summed E-state index contributed by atoms with van der Waals surface area (Å²) < 4.78 is 17.8. The van der Waals surface area contributed by atoms with Crippen LogP contribution < -0.4 is 5.32 Å². The van der Waals surface area contributed by atoms with Crippen LogP contribution in [-0.2, 0) is 19.0 Å². The molecule has 2 atom stereocenters. The van der Waals surface area contributed by atoms with Gasteiger partial charge in [0.25, 0.3) is 0 Å². The average molecular weight is 429 g/mol. The van der Waals surface area contributed by atoms with E-state index >= 15 is 0 Å².